The predicted octanol–water partition coefficient (Wildman–Crippen LogP) is 2.65. The van der Waals surface area contributed by atoms with E-state index in [1.165, 1.54) is 0 Å². The molecule has 1 aliphatic carbocycles. The van der Waals surface area contributed by atoms with Crippen LogP contribution >= 0.6 is 0 Å². The van der Waals surface area contributed by atoms with E-state index in [0.29, 0.717) is 24.8 Å². The Kier molecular flexibility index (Phi) is 3.57. The summed E-state index contributed by atoms with van der Waals surface area (Å²) in [6.45, 7) is 0. The number of nitriles is 1. The van der Waals surface area contributed by atoms with Crippen molar-refractivity contribution in [3.8, 4) is 11.8 Å². The molecule has 0 heterocycles. The number of carboxylic acids is 1. The van der Waals surface area contributed by atoms with Crippen LogP contribution in [0.2, 0.25) is 0 Å². The zero-order chi connectivity index (χ0) is 13.9. The summed E-state index contributed by atoms with van der Waals surface area (Å²) in [5, 5.41) is 18.4. The Hall–Kier alpha value is -2.28. The normalized spacial score (nSPS) is 22.2. The number of benzene rings is 1. The fourth-order valence-corrected chi connectivity index (χ4v) is 2.38. The second kappa shape index (κ2) is 5.15. The Balaban J connectivity index is 2.30. The van der Waals surface area contributed by atoms with Crippen LogP contribution in [0.15, 0.2) is 35.9 Å². The highest BCUT2D eigenvalue weighted by atomic mass is 16.5. The Labute approximate surface area is 111 Å². The zero-order valence-electron chi connectivity index (χ0n) is 10.7. The molecule has 0 radical (unpaired) electrons. The van der Waals surface area contributed by atoms with Gasteiger partial charge in [0, 0.05) is 5.57 Å². The molecule has 0 aliphatic heterocycles. The van der Waals surface area contributed by atoms with Gasteiger partial charge in [-0.15, -0.1) is 0 Å². The van der Waals surface area contributed by atoms with Crippen LogP contribution < -0.4 is 4.74 Å². The van der Waals surface area contributed by atoms with Gasteiger partial charge in [0.1, 0.15) is 5.75 Å². The number of nitrogens with zero attached hydrogens (tertiary/aromatic N) is 1. The van der Waals surface area contributed by atoms with Gasteiger partial charge in [-0.3, -0.25) is 0 Å². The lowest BCUT2D eigenvalue weighted by atomic mass is 9.71. The summed E-state index contributed by atoms with van der Waals surface area (Å²) in [6.07, 6.45) is 3.07. The van der Waals surface area contributed by atoms with Gasteiger partial charge >= 0.3 is 5.97 Å². The third-order valence-electron chi connectivity index (χ3n) is 3.65. The first kappa shape index (κ1) is 13.2. The molecule has 19 heavy (non-hydrogen) atoms. The van der Waals surface area contributed by atoms with Crippen molar-refractivity contribution in [1.29, 1.82) is 5.26 Å². The molecule has 98 valence electrons. The van der Waals surface area contributed by atoms with Crippen LogP contribution in [0.3, 0.4) is 0 Å². The van der Waals surface area contributed by atoms with Crippen LogP contribution in [0.25, 0.3) is 0 Å². The van der Waals surface area contributed by atoms with Crippen molar-refractivity contribution in [2.24, 2.45) is 0 Å². The summed E-state index contributed by atoms with van der Waals surface area (Å²) < 4.78 is 5.10. The van der Waals surface area contributed by atoms with Crippen LogP contribution in [-0.2, 0) is 10.2 Å². The van der Waals surface area contributed by atoms with Crippen LogP contribution in [0.5, 0.6) is 5.75 Å². The monoisotopic (exact) mass is 257 g/mol. The molecule has 0 amide bonds. The smallest absolute Gasteiger partial charge is 0.331 e. The van der Waals surface area contributed by atoms with Gasteiger partial charge in [0.2, 0.25) is 0 Å². The summed E-state index contributed by atoms with van der Waals surface area (Å²) in [6, 6.07) is 9.75. The number of ether oxygens (including phenoxy) is 1. The molecule has 1 aromatic rings. The van der Waals surface area contributed by atoms with Gasteiger partial charge in [0.15, 0.2) is 0 Å². The predicted molar refractivity (Wildman–Crippen MR) is 69.9 cm³/mol. The third-order valence-corrected chi connectivity index (χ3v) is 3.65. The van der Waals surface area contributed by atoms with E-state index in [1.54, 1.807) is 13.2 Å². The van der Waals surface area contributed by atoms with Crippen molar-refractivity contribution in [3.05, 3.63) is 41.5 Å². The lowest BCUT2D eigenvalue weighted by Gasteiger charge is -2.29. The number of carbonyl (C=O) groups is 1. The fraction of sp³-hybridized carbons (Fsp3) is 0.333. The minimum Gasteiger partial charge on any atom is -0.497 e. The molecule has 0 saturated carbocycles. The minimum absolute atomic E-state index is 0.402. The standard InChI is InChI=1S/C15H15NO3/c1-19-13-4-2-12(3-5-13)15(10-16)8-6-11(7-9-15)14(17)18/h2-6H,7-9H2,1H3,(H,17,18). The van der Waals surface area contributed by atoms with Gasteiger partial charge in [0.05, 0.1) is 18.6 Å². The van der Waals surface area contributed by atoms with Gasteiger partial charge in [-0.1, -0.05) is 18.2 Å². The van der Waals surface area contributed by atoms with E-state index in [9.17, 15) is 10.1 Å². The molecule has 4 nitrogen and oxygen atoms in total. The Bertz CT molecular complexity index is 554. The third kappa shape index (κ3) is 2.45. The van der Waals surface area contributed by atoms with Gasteiger partial charge < -0.3 is 9.84 Å². The molecule has 4 heteroatoms. The first-order valence-electron chi connectivity index (χ1n) is 6.09. The van der Waals surface area contributed by atoms with Gasteiger partial charge in [-0.05, 0) is 37.0 Å². The largest absolute Gasteiger partial charge is 0.497 e. The number of carboxylic acid groups (broad SMARTS) is 1. The van der Waals surface area contributed by atoms with E-state index in [-0.39, 0.29) is 0 Å². The van der Waals surface area contributed by atoms with Crippen molar-refractivity contribution in [2.45, 2.75) is 24.7 Å². The summed E-state index contributed by atoms with van der Waals surface area (Å²) in [4.78, 5) is 10.9. The molecule has 0 bridgehead atoms. The SMILES string of the molecule is COc1ccc(C2(C#N)CC=C(C(=O)O)CC2)cc1. The van der Waals surface area contributed by atoms with E-state index < -0.39 is 11.4 Å². The highest BCUT2D eigenvalue weighted by molar-refractivity contribution is 5.86. The maximum atomic E-state index is 10.9. The van der Waals surface area contributed by atoms with Gasteiger partial charge in [0.25, 0.3) is 0 Å². The average Bonchev–Trinajstić information content (AvgIpc) is 2.47. The van der Waals surface area contributed by atoms with Crippen LogP contribution in [0.4, 0.5) is 0 Å². The maximum Gasteiger partial charge on any atom is 0.331 e. The molecule has 0 fully saturated rings. The molecule has 1 aliphatic rings. The van der Waals surface area contributed by atoms with E-state index >= 15 is 0 Å². The number of aliphatic carboxylic acids is 1. The number of hydrogen-bond donors (Lipinski definition) is 1. The quantitative estimate of drug-likeness (QED) is 0.903. The highest BCUT2D eigenvalue weighted by Gasteiger charge is 2.35. The summed E-state index contributed by atoms with van der Waals surface area (Å²) >= 11 is 0. The zero-order valence-corrected chi connectivity index (χ0v) is 10.7. The molecule has 2 rings (SSSR count). The first-order chi connectivity index (χ1) is 9.11. The highest BCUT2D eigenvalue weighted by Crippen LogP contribution is 2.38. The average molecular weight is 257 g/mol. The molecule has 0 saturated heterocycles. The molecule has 1 aromatic carbocycles. The van der Waals surface area contributed by atoms with Crippen molar-refractivity contribution < 1.29 is 14.6 Å². The molecule has 1 unspecified atom stereocenters. The molecule has 0 spiro atoms. The molecule has 1 N–H and O–H groups in total. The summed E-state index contributed by atoms with van der Waals surface area (Å²) in [5.41, 5.74) is 0.696. The molecular weight excluding hydrogens is 242 g/mol. The van der Waals surface area contributed by atoms with Gasteiger partial charge in [-0.25, -0.2) is 4.79 Å². The van der Waals surface area contributed by atoms with Crippen molar-refractivity contribution in [3.63, 3.8) is 0 Å². The van der Waals surface area contributed by atoms with E-state index in [4.69, 9.17) is 9.84 Å². The molecule has 0 aromatic heterocycles. The van der Waals surface area contributed by atoms with E-state index in [2.05, 4.69) is 6.07 Å². The Morgan fingerprint density at radius 1 is 1.42 bits per heavy atom. The van der Waals surface area contributed by atoms with Crippen molar-refractivity contribution in [1.82, 2.24) is 0 Å². The number of allylic oxidation sites excluding steroid dienone is 1. The maximum absolute atomic E-state index is 10.9. The second-order valence-corrected chi connectivity index (χ2v) is 4.66. The number of hydrogen-bond acceptors (Lipinski definition) is 3. The van der Waals surface area contributed by atoms with Crippen molar-refractivity contribution >= 4 is 5.97 Å². The van der Waals surface area contributed by atoms with Crippen LogP contribution in [0, 0.1) is 11.3 Å². The lowest BCUT2D eigenvalue weighted by Crippen LogP contribution is -2.27. The lowest BCUT2D eigenvalue weighted by molar-refractivity contribution is -0.132. The second-order valence-electron chi connectivity index (χ2n) is 4.66. The number of rotatable bonds is 3. The van der Waals surface area contributed by atoms with E-state index in [1.807, 2.05) is 24.3 Å². The van der Waals surface area contributed by atoms with Crippen LogP contribution in [0.1, 0.15) is 24.8 Å². The molecular formula is C15H15NO3. The van der Waals surface area contributed by atoms with E-state index in [0.717, 1.165) is 11.3 Å². The minimum atomic E-state index is -0.888. The number of methoxy groups -OCH3 is 1. The van der Waals surface area contributed by atoms with Crippen molar-refractivity contribution in [2.75, 3.05) is 7.11 Å². The van der Waals surface area contributed by atoms with Gasteiger partial charge in [-0.2, -0.15) is 5.26 Å². The Morgan fingerprint density at radius 3 is 2.53 bits per heavy atom. The van der Waals surface area contributed by atoms with Crippen LogP contribution in [-0.4, -0.2) is 18.2 Å². The first-order valence-corrected chi connectivity index (χ1v) is 6.09. The summed E-state index contributed by atoms with van der Waals surface area (Å²) in [5.74, 6) is -0.143. The summed E-state index contributed by atoms with van der Waals surface area (Å²) in [7, 11) is 1.59. The molecule has 1 atom stereocenters. The topological polar surface area (TPSA) is 70.3 Å². The Morgan fingerprint density at radius 2 is 2.11 bits per heavy atom. The fourth-order valence-electron chi connectivity index (χ4n) is 2.38.